The van der Waals surface area contributed by atoms with Crippen molar-refractivity contribution in [2.45, 2.75) is 77.2 Å². The molecule has 1 unspecified atom stereocenters. The van der Waals surface area contributed by atoms with Crippen LogP contribution in [0.5, 0.6) is 5.75 Å². The SMILES string of the molecule is COc1cc2c(cc1Cl)[C@H](N[S+]([O-])C(C)(C)C)C1(CCN(C(=O)OC(C)(C)C)CC1)C2. The quantitative estimate of drug-likeness (QED) is 0.628. The van der Waals surface area contributed by atoms with Crippen LogP contribution in [0.3, 0.4) is 0 Å². The minimum absolute atomic E-state index is 0.105. The van der Waals surface area contributed by atoms with Gasteiger partial charge in [-0.3, -0.25) is 0 Å². The Kier molecular flexibility index (Phi) is 6.84. The lowest BCUT2D eigenvalue weighted by Gasteiger charge is -2.43. The maximum atomic E-state index is 13.1. The van der Waals surface area contributed by atoms with Gasteiger partial charge in [0.05, 0.1) is 18.2 Å². The number of nitrogens with zero attached hydrogens (tertiary/aromatic N) is 1. The summed E-state index contributed by atoms with van der Waals surface area (Å²) in [5.74, 6) is 0.652. The molecule has 3 rings (SSSR count). The molecule has 1 spiro atoms. The number of carbonyl (C=O) groups is 1. The van der Waals surface area contributed by atoms with Crippen molar-refractivity contribution >= 4 is 29.1 Å². The summed E-state index contributed by atoms with van der Waals surface area (Å²) in [4.78, 5) is 14.3. The van der Waals surface area contributed by atoms with Gasteiger partial charge in [0.1, 0.15) is 16.1 Å². The highest BCUT2D eigenvalue weighted by molar-refractivity contribution is 7.90. The summed E-state index contributed by atoms with van der Waals surface area (Å²) in [5, 5.41) is 0.554. The van der Waals surface area contributed by atoms with E-state index in [2.05, 4.69) is 4.72 Å². The van der Waals surface area contributed by atoms with E-state index in [1.165, 1.54) is 0 Å². The van der Waals surface area contributed by atoms with Crippen LogP contribution in [0.4, 0.5) is 4.79 Å². The van der Waals surface area contributed by atoms with Crippen LogP contribution in [0.15, 0.2) is 12.1 Å². The van der Waals surface area contributed by atoms with Crippen molar-refractivity contribution < 1.29 is 18.8 Å². The molecule has 31 heavy (non-hydrogen) atoms. The van der Waals surface area contributed by atoms with Crippen molar-refractivity contribution in [2.75, 3.05) is 20.2 Å². The number of hydrogen-bond donors (Lipinski definition) is 1. The number of rotatable bonds is 3. The van der Waals surface area contributed by atoms with Gasteiger partial charge >= 0.3 is 6.09 Å². The first-order valence-corrected chi connectivity index (χ1v) is 12.3. The van der Waals surface area contributed by atoms with Crippen LogP contribution in [0.25, 0.3) is 0 Å². The molecule has 1 fully saturated rings. The third-order valence-electron chi connectivity index (χ3n) is 6.07. The maximum Gasteiger partial charge on any atom is 0.410 e. The van der Waals surface area contributed by atoms with Crippen molar-refractivity contribution in [3.05, 3.63) is 28.3 Å². The number of likely N-dealkylation sites (tertiary alicyclic amines) is 1. The number of carbonyl (C=O) groups excluding carboxylic acids is 1. The fourth-order valence-corrected chi connectivity index (χ4v) is 5.59. The number of hydrogen-bond acceptors (Lipinski definition) is 5. The normalized spacial score (nSPS) is 21.7. The van der Waals surface area contributed by atoms with Gasteiger partial charge in [-0.1, -0.05) is 11.6 Å². The average molecular weight is 471 g/mol. The Morgan fingerprint density at radius 2 is 1.84 bits per heavy atom. The number of ether oxygens (including phenoxy) is 2. The van der Waals surface area contributed by atoms with Crippen LogP contribution in [0, 0.1) is 5.41 Å². The number of benzene rings is 1. The molecular weight excluding hydrogens is 436 g/mol. The molecule has 1 heterocycles. The second-order valence-electron chi connectivity index (χ2n) is 10.6. The van der Waals surface area contributed by atoms with E-state index >= 15 is 0 Å². The first-order valence-electron chi connectivity index (χ1n) is 10.8. The minimum atomic E-state index is -1.24. The summed E-state index contributed by atoms with van der Waals surface area (Å²) in [7, 11) is 1.61. The van der Waals surface area contributed by atoms with Gasteiger partial charge in [0.2, 0.25) is 0 Å². The fraction of sp³-hybridized carbons (Fsp3) is 0.696. The van der Waals surface area contributed by atoms with Crippen molar-refractivity contribution in [3.8, 4) is 5.75 Å². The molecule has 1 aromatic rings. The van der Waals surface area contributed by atoms with Crippen molar-refractivity contribution in [1.29, 1.82) is 0 Å². The van der Waals surface area contributed by atoms with Crippen LogP contribution in [0.2, 0.25) is 5.02 Å². The third-order valence-corrected chi connectivity index (χ3v) is 7.93. The lowest BCUT2D eigenvalue weighted by Crippen LogP contribution is -2.51. The molecule has 1 amide bonds. The Bertz CT molecular complexity index is 826. The van der Waals surface area contributed by atoms with Gasteiger partial charge < -0.3 is 18.9 Å². The van der Waals surface area contributed by atoms with Crippen LogP contribution in [-0.2, 0) is 22.5 Å². The third kappa shape index (κ3) is 5.27. The van der Waals surface area contributed by atoms with Crippen molar-refractivity contribution in [2.24, 2.45) is 5.41 Å². The molecular formula is C23H35ClN2O4S. The van der Waals surface area contributed by atoms with E-state index in [9.17, 15) is 9.35 Å². The highest BCUT2D eigenvalue weighted by Crippen LogP contribution is 2.54. The van der Waals surface area contributed by atoms with E-state index < -0.39 is 21.7 Å². The van der Waals surface area contributed by atoms with Crippen molar-refractivity contribution in [3.63, 3.8) is 0 Å². The van der Waals surface area contributed by atoms with E-state index in [0.29, 0.717) is 23.9 Å². The molecule has 1 N–H and O–H groups in total. The molecule has 8 heteroatoms. The summed E-state index contributed by atoms with van der Waals surface area (Å²) in [6.45, 7) is 12.7. The molecule has 0 radical (unpaired) electrons. The first kappa shape index (κ1) is 24.5. The van der Waals surface area contributed by atoms with Crippen LogP contribution >= 0.6 is 11.6 Å². The Morgan fingerprint density at radius 1 is 1.23 bits per heavy atom. The van der Waals surface area contributed by atoms with Gasteiger partial charge in [-0.2, -0.15) is 0 Å². The Labute approximate surface area is 194 Å². The smallest absolute Gasteiger partial charge is 0.410 e. The van der Waals surface area contributed by atoms with Gasteiger partial charge in [0.15, 0.2) is 0 Å². The lowest BCUT2D eigenvalue weighted by molar-refractivity contribution is 0.00716. The molecule has 1 aliphatic heterocycles. The molecule has 174 valence electrons. The number of amides is 1. The lowest BCUT2D eigenvalue weighted by atomic mass is 9.73. The maximum absolute atomic E-state index is 13.1. The van der Waals surface area contributed by atoms with Crippen LogP contribution in [0.1, 0.15) is 71.6 Å². The summed E-state index contributed by atoms with van der Waals surface area (Å²) >= 11 is 5.22. The monoisotopic (exact) mass is 470 g/mol. The number of piperidine rings is 1. The van der Waals surface area contributed by atoms with E-state index in [1.54, 1.807) is 12.0 Å². The zero-order valence-electron chi connectivity index (χ0n) is 19.6. The average Bonchev–Trinajstić information content (AvgIpc) is 2.91. The van der Waals surface area contributed by atoms with Gasteiger partial charge in [-0.25, -0.2) is 4.79 Å². The zero-order chi connectivity index (χ0) is 23.2. The topological polar surface area (TPSA) is 73.9 Å². The Hall–Kier alpha value is -1.15. The molecule has 0 bridgehead atoms. The first-order chi connectivity index (χ1) is 14.3. The Morgan fingerprint density at radius 3 is 2.35 bits per heavy atom. The van der Waals surface area contributed by atoms with Gasteiger partial charge in [-0.05, 0) is 84.1 Å². The van der Waals surface area contributed by atoms with Crippen molar-refractivity contribution in [1.82, 2.24) is 9.62 Å². The van der Waals surface area contributed by atoms with Gasteiger partial charge in [0.25, 0.3) is 0 Å². The largest absolute Gasteiger partial charge is 0.598 e. The summed E-state index contributed by atoms with van der Waals surface area (Å²) in [5.41, 5.74) is 1.58. The van der Waals surface area contributed by atoms with Gasteiger partial charge in [0, 0.05) is 29.9 Å². The van der Waals surface area contributed by atoms with Gasteiger partial charge in [-0.15, -0.1) is 4.72 Å². The minimum Gasteiger partial charge on any atom is -0.598 e. The Balaban J connectivity index is 1.87. The summed E-state index contributed by atoms with van der Waals surface area (Å²) < 4.78 is 27.1. The van der Waals surface area contributed by atoms with E-state index in [-0.39, 0.29) is 17.6 Å². The van der Waals surface area contributed by atoms with Crippen LogP contribution < -0.4 is 9.46 Å². The predicted octanol–water partition coefficient (Wildman–Crippen LogP) is 5.01. The number of halogens is 1. The molecule has 6 nitrogen and oxygen atoms in total. The molecule has 0 aromatic heterocycles. The molecule has 1 aromatic carbocycles. The van der Waals surface area contributed by atoms with E-state index in [1.807, 2.05) is 53.7 Å². The van der Waals surface area contributed by atoms with Crippen LogP contribution in [-0.4, -0.2) is 46.1 Å². The second-order valence-corrected chi connectivity index (χ2v) is 13.0. The standard InChI is InChI=1S/C23H35ClN2O4S/c1-21(2,3)30-20(27)26-10-8-23(9-11-26)14-15-12-18(29-7)17(24)13-16(15)19(23)25-31(28)22(4,5)6/h12-13,19,25H,8-11,14H2,1-7H3/t19-,31?/m0/s1. The number of nitrogens with one attached hydrogen (secondary N) is 1. The predicted molar refractivity (Wildman–Crippen MR) is 125 cm³/mol. The second kappa shape index (κ2) is 8.65. The molecule has 0 saturated carbocycles. The van der Waals surface area contributed by atoms with E-state index in [0.717, 1.165) is 30.4 Å². The molecule has 2 atom stereocenters. The highest BCUT2D eigenvalue weighted by Gasteiger charge is 2.51. The summed E-state index contributed by atoms with van der Waals surface area (Å²) in [6, 6.07) is 3.84. The number of fused-ring (bicyclic) bond motifs is 1. The zero-order valence-corrected chi connectivity index (χ0v) is 21.2. The summed E-state index contributed by atoms with van der Waals surface area (Å²) in [6.07, 6.45) is 2.14. The van der Waals surface area contributed by atoms with E-state index in [4.69, 9.17) is 21.1 Å². The molecule has 1 aliphatic carbocycles. The molecule has 2 aliphatic rings. The fourth-order valence-electron chi connectivity index (χ4n) is 4.40. The highest BCUT2D eigenvalue weighted by atomic mass is 35.5. The number of methoxy groups -OCH3 is 1. The molecule has 1 saturated heterocycles.